The number of aliphatic hydroxyl groups excluding tert-OH is 1. The third-order valence-electron chi connectivity index (χ3n) is 3.45. The largest absolute Gasteiger partial charge is 0.394 e. The van der Waals surface area contributed by atoms with Gasteiger partial charge in [-0.3, -0.25) is 9.98 Å². The van der Waals surface area contributed by atoms with Crippen LogP contribution in [0.4, 0.5) is 0 Å². The van der Waals surface area contributed by atoms with Gasteiger partial charge in [0, 0.05) is 16.8 Å². The second-order valence-electron chi connectivity index (χ2n) is 5.16. The van der Waals surface area contributed by atoms with Crippen LogP contribution in [0.2, 0.25) is 5.02 Å². The molecule has 0 aromatic heterocycles. The van der Waals surface area contributed by atoms with Gasteiger partial charge < -0.3 is 15.3 Å². The first-order chi connectivity index (χ1) is 10.6. The number of rotatable bonds is 3. The summed E-state index contributed by atoms with van der Waals surface area (Å²) >= 11 is 9.91. The minimum atomic E-state index is -0.202. The quantitative estimate of drug-likeness (QED) is 0.623. The van der Waals surface area contributed by atoms with Crippen molar-refractivity contribution in [3.63, 3.8) is 0 Å². The first-order valence-electron chi connectivity index (χ1n) is 6.99. The molecule has 1 aromatic carbocycles. The van der Waals surface area contributed by atoms with E-state index in [1.165, 1.54) is 0 Å². The van der Waals surface area contributed by atoms with E-state index in [4.69, 9.17) is 11.6 Å². The zero-order valence-electron chi connectivity index (χ0n) is 12.0. The molecular formula is C15H16BrClN4O. The van der Waals surface area contributed by atoms with Crippen molar-refractivity contribution in [1.29, 1.82) is 0 Å². The summed E-state index contributed by atoms with van der Waals surface area (Å²) in [7, 11) is 0. The normalized spacial score (nSPS) is 23.7. The van der Waals surface area contributed by atoms with Crippen molar-refractivity contribution in [2.45, 2.75) is 17.9 Å². The summed E-state index contributed by atoms with van der Waals surface area (Å²) in [4.78, 5) is 11.1. The standard InChI is InChI=1S/C15H16BrClN4O/c1-9(8-22)19-14-15-18-6-13(16)21(15)7-12(20-14)10-4-2-3-5-11(10)17/h2-5,7,9,13,22H,6,8H2,1H3,(H,19,20). The molecule has 5 nitrogen and oxygen atoms in total. The Kier molecular flexibility index (Phi) is 4.52. The van der Waals surface area contributed by atoms with Crippen LogP contribution in [0.1, 0.15) is 12.5 Å². The van der Waals surface area contributed by atoms with Crippen LogP contribution in [-0.2, 0) is 0 Å². The van der Waals surface area contributed by atoms with E-state index in [0.29, 0.717) is 17.4 Å². The monoisotopic (exact) mass is 382 g/mol. The van der Waals surface area contributed by atoms with E-state index in [-0.39, 0.29) is 17.6 Å². The molecule has 22 heavy (non-hydrogen) atoms. The summed E-state index contributed by atoms with van der Waals surface area (Å²) in [5.41, 5.74) is 1.76. The zero-order valence-corrected chi connectivity index (χ0v) is 14.3. The molecule has 0 fully saturated rings. The van der Waals surface area contributed by atoms with Crippen LogP contribution in [0.15, 0.2) is 40.5 Å². The molecule has 2 aliphatic heterocycles. The second kappa shape index (κ2) is 6.40. The lowest BCUT2D eigenvalue weighted by Gasteiger charge is -2.29. The number of nitrogens with one attached hydrogen (secondary N) is 1. The third-order valence-corrected chi connectivity index (χ3v) is 4.51. The summed E-state index contributed by atoms with van der Waals surface area (Å²) in [6.07, 6.45) is 1.98. The van der Waals surface area contributed by atoms with Crippen LogP contribution in [0.3, 0.4) is 0 Å². The molecule has 0 bridgehead atoms. The fourth-order valence-electron chi connectivity index (χ4n) is 2.33. The summed E-state index contributed by atoms with van der Waals surface area (Å²) in [6.45, 7) is 2.49. The maximum absolute atomic E-state index is 9.25. The molecular weight excluding hydrogens is 368 g/mol. The molecule has 3 rings (SSSR count). The molecule has 0 aliphatic carbocycles. The lowest BCUT2D eigenvalue weighted by molar-refractivity contribution is 0.274. The predicted molar refractivity (Wildman–Crippen MR) is 93.4 cm³/mol. The highest BCUT2D eigenvalue weighted by molar-refractivity contribution is 9.09. The van der Waals surface area contributed by atoms with Crippen LogP contribution in [0.5, 0.6) is 0 Å². The smallest absolute Gasteiger partial charge is 0.172 e. The van der Waals surface area contributed by atoms with E-state index >= 15 is 0 Å². The topological polar surface area (TPSA) is 60.2 Å². The number of amidine groups is 2. The van der Waals surface area contributed by atoms with Crippen LogP contribution >= 0.6 is 27.5 Å². The molecule has 2 heterocycles. The first-order valence-corrected chi connectivity index (χ1v) is 8.29. The van der Waals surface area contributed by atoms with Gasteiger partial charge in [-0.25, -0.2) is 0 Å². The average molecular weight is 384 g/mol. The van der Waals surface area contributed by atoms with Gasteiger partial charge in [-0.15, -0.1) is 0 Å². The Labute approximate surface area is 142 Å². The van der Waals surface area contributed by atoms with Crippen molar-refractivity contribution in [2.75, 3.05) is 13.2 Å². The number of halogens is 2. The molecule has 0 radical (unpaired) electrons. The highest BCUT2D eigenvalue weighted by Crippen LogP contribution is 2.28. The van der Waals surface area contributed by atoms with Gasteiger partial charge in [0.25, 0.3) is 0 Å². The average Bonchev–Trinajstić information content (AvgIpc) is 2.89. The minimum absolute atomic E-state index is 0.0126. The van der Waals surface area contributed by atoms with Crippen molar-refractivity contribution >= 4 is 44.9 Å². The van der Waals surface area contributed by atoms with Crippen LogP contribution in [0.25, 0.3) is 5.70 Å². The number of benzene rings is 1. The molecule has 1 aromatic rings. The lowest BCUT2D eigenvalue weighted by atomic mass is 10.1. The second-order valence-corrected chi connectivity index (χ2v) is 6.63. The Morgan fingerprint density at radius 2 is 2.32 bits per heavy atom. The van der Waals surface area contributed by atoms with Gasteiger partial charge in [0.2, 0.25) is 0 Å². The third kappa shape index (κ3) is 2.91. The van der Waals surface area contributed by atoms with Crippen LogP contribution < -0.4 is 5.32 Å². The SMILES string of the molecule is CC(CO)N=C1NC(c2ccccc2Cl)=CN2C1=NCC2Br. The first kappa shape index (κ1) is 15.5. The number of fused-ring (bicyclic) bond motifs is 1. The number of hydrogen-bond donors (Lipinski definition) is 2. The number of nitrogens with zero attached hydrogens (tertiary/aromatic N) is 3. The van der Waals surface area contributed by atoms with Gasteiger partial charge in [-0.2, -0.15) is 0 Å². The maximum atomic E-state index is 9.25. The summed E-state index contributed by atoms with van der Waals surface area (Å²) in [5.74, 6) is 1.43. The molecule has 116 valence electrons. The fraction of sp³-hybridized carbons (Fsp3) is 0.333. The van der Waals surface area contributed by atoms with Crippen LogP contribution in [-0.4, -0.2) is 45.8 Å². The molecule has 7 heteroatoms. The highest BCUT2D eigenvalue weighted by atomic mass is 79.9. The van der Waals surface area contributed by atoms with E-state index in [0.717, 1.165) is 17.1 Å². The van der Waals surface area contributed by atoms with Gasteiger partial charge in [-0.1, -0.05) is 45.7 Å². The van der Waals surface area contributed by atoms with E-state index in [9.17, 15) is 5.11 Å². The number of aliphatic imine (C=N–C) groups is 2. The minimum Gasteiger partial charge on any atom is -0.394 e. The number of hydrogen-bond acceptors (Lipinski definition) is 4. The van der Waals surface area contributed by atoms with E-state index in [1.54, 1.807) is 0 Å². The Bertz CT molecular complexity index is 673. The molecule has 0 saturated heterocycles. The summed E-state index contributed by atoms with van der Waals surface area (Å²) in [6, 6.07) is 7.44. The molecule has 0 amide bonds. The Morgan fingerprint density at radius 1 is 1.55 bits per heavy atom. The van der Waals surface area contributed by atoms with Gasteiger partial charge in [0.15, 0.2) is 11.7 Å². The van der Waals surface area contributed by atoms with Crippen molar-refractivity contribution in [3.8, 4) is 0 Å². The molecule has 2 atom stereocenters. The number of alkyl halides is 1. The Balaban J connectivity index is 2.03. The molecule has 2 N–H and O–H groups in total. The maximum Gasteiger partial charge on any atom is 0.172 e. The Morgan fingerprint density at radius 3 is 3.05 bits per heavy atom. The zero-order chi connectivity index (χ0) is 15.7. The van der Waals surface area contributed by atoms with Crippen molar-refractivity contribution in [2.24, 2.45) is 9.98 Å². The summed E-state index contributed by atoms with van der Waals surface area (Å²) < 4.78 is 0. The Hall–Kier alpha value is -1.37. The molecule has 0 spiro atoms. The molecule has 2 unspecified atom stereocenters. The predicted octanol–water partition coefficient (Wildman–Crippen LogP) is 2.46. The van der Waals surface area contributed by atoms with E-state index in [1.807, 2.05) is 42.3 Å². The molecule has 2 aliphatic rings. The highest BCUT2D eigenvalue weighted by Gasteiger charge is 2.32. The van der Waals surface area contributed by atoms with Crippen LogP contribution in [0, 0.1) is 0 Å². The van der Waals surface area contributed by atoms with Gasteiger partial charge in [-0.05, 0) is 13.0 Å². The van der Waals surface area contributed by atoms with Gasteiger partial charge >= 0.3 is 0 Å². The fourth-order valence-corrected chi connectivity index (χ4v) is 3.02. The van der Waals surface area contributed by atoms with Crippen molar-refractivity contribution < 1.29 is 5.11 Å². The number of aliphatic hydroxyl groups is 1. The van der Waals surface area contributed by atoms with Crippen molar-refractivity contribution in [3.05, 3.63) is 41.1 Å². The summed E-state index contributed by atoms with van der Waals surface area (Å²) in [5, 5.41) is 13.2. The lowest BCUT2D eigenvalue weighted by Crippen LogP contribution is -2.45. The van der Waals surface area contributed by atoms with E-state index < -0.39 is 0 Å². The van der Waals surface area contributed by atoms with Gasteiger partial charge in [0.05, 0.1) is 24.9 Å². The van der Waals surface area contributed by atoms with Gasteiger partial charge in [0.1, 0.15) is 4.95 Å². The van der Waals surface area contributed by atoms with E-state index in [2.05, 4.69) is 31.2 Å². The molecule has 0 saturated carbocycles. The van der Waals surface area contributed by atoms with Crippen molar-refractivity contribution in [1.82, 2.24) is 10.2 Å².